The van der Waals surface area contributed by atoms with E-state index in [9.17, 15) is 13.2 Å². The zero-order chi connectivity index (χ0) is 13.6. The number of nitriles is 1. The van der Waals surface area contributed by atoms with Crippen LogP contribution in [-0.2, 0) is 6.42 Å². The van der Waals surface area contributed by atoms with Gasteiger partial charge in [0.1, 0.15) is 5.54 Å². The topological polar surface area (TPSA) is 35.8 Å². The Morgan fingerprint density at radius 2 is 1.83 bits per heavy atom. The summed E-state index contributed by atoms with van der Waals surface area (Å²) in [6.45, 7) is 0.341. The van der Waals surface area contributed by atoms with Gasteiger partial charge in [-0.2, -0.15) is 18.4 Å². The Morgan fingerprint density at radius 1 is 1.22 bits per heavy atom. The second kappa shape index (κ2) is 5.87. The van der Waals surface area contributed by atoms with E-state index < -0.39 is 18.3 Å². The Hall–Kier alpha value is -1.54. The standard InChI is InChI=1S/C13H15F3N2/c1-12(9-17,18-10-13(14,15)16)8-7-11-5-3-2-4-6-11/h2-6,18H,7-8,10H2,1H3. The molecule has 1 rings (SSSR count). The van der Waals surface area contributed by atoms with Crippen LogP contribution in [0.2, 0.25) is 0 Å². The van der Waals surface area contributed by atoms with E-state index in [1.807, 2.05) is 36.4 Å². The van der Waals surface area contributed by atoms with Crippen LogP contribution in [-0.4, -0.2) is 18.3 Å². The summed E-state index contributed by atoms with van der Waals surface area (Å²) in [5, 5.41) is 11.3. The summed E-state index contributed by atoms with van der Waals surface area (Å²) in [4.78, 5) is 0. The van der Waals surface area contributed by atoms with Crippen molar-refractivity contribution in [2.24, 2.45) is 0 Å². The van der Waals surface area contributed by atoms with Gasteiger partial charge in [-0.15, -0.1) is 0 Å². The fourth-order valence-corrected chi connectivity index (χ4v) is 1.52. The average molecular weight is 256 g/mol. The highest BCUT2D eigenvalue weighted by Gasteiger charge is 2.32. The molecule has 0 heterocycles. The van der Waals surface area contributed by atoms with Crippen molar-refractivity contribution in [3.05, 3.63) is 35.9 Å². The Bertz CT molecular complexity index is 408. The minimum absolute atomic E-state index is 0.337. The Balaban J connectivity index is 2.53. The molecule has 98 valence electrons. The molecule has 1 unspecified atom stereocenters. The third-order valence-corrected chi connectivity index (χ3v) is 2.68. The van der Waals surface area contributed by atoms with Crippen LogP contribution in [0.4, 0.5) is 13.2 Å². The van der Waals surface area contributed by atoms with Crippen molar-refractivity contribution in [2.75, 3.05) is 6.54 Å². The molecule has 0 amide bonds. The average Bonchev–Trinajstić information content (AvgIpc) is 2.34. The molecule has 1 atom stereocenters. The van der Waals surface area contributed by atoms with Crippen molar-refractivity contribution in [3.63, 3.8) is 0 Å². The minimum Gasteiger partial charge on any atom is -0.291 e. The molecule has 1 N–H and O–H groups in total. The molecule has 0 fully saturated rings. The van der Waals surface area contributed by atoms with Gasteiger partial charge in [0.25, 0.3) is 0 Å². The summed E-state index contributed by atoms with van der Waals surface area (Å²) in [6.07, 6.45) is -3.40. The summed E-state index contributed by atoms with van der Waals surface area (Å²) in [6, 6.07) is 11.3. The largest absolute Gasteiger partial charge is 0.401 e. The molecule has 0 aliphatic carbocycles. The molecule has 0 saturated heterocycles. The fraction of sp³-hybridized carbons (Fsp3) is 0.462. The van der Waals surface area contributed by atoms with Crippen molar-refractivity contribution >= 4 is 0 Å². The van der Waals surface area contributed by atoms with Crippen LogP contribution < -0.4 is 5.32 Å². The van der Waals surface area contributed by atoms with Gasteiger partial charge in [0.2, 0.25) is 0 Å². The third-order valence-electron chi connectivity index (χ3n) is 2.68. The lowest BCUT2D eigenvalue weighted by atomic mass is 9.94. The smallest absolute Gasteiger partial charge is 0.291 e. The highest BCUT2D eigenvalue weighted by molar-refractivity contribution is 5.16. The summed E-state index contributed by atoms with van der Waals surface area (Å²) in [7, 11) is 0. The van der Waals surface area contributed by atoms with Gasteiger partial charge in [-0.1, -0.05) is 30.3 Å². The number of nitrogens with one attached hydrogen (secondary N) is 1. The van der Waals surface area contributed by atoms with Crippen molar-refractivity contribution in [2.45, 2.75) is 31.5 Å². The van der Waals surface area contributed by atoms with Gasteiger partial charge in [-0.05, 0) is 25.3 Å². The number of halogens is 3. The van der Waals surface area contributed by atoms with Gasteiger partial charge in [0.05, 0.1) is 12.6 Å². The van der Waals surface area contributed by atoms with Crippen LogP contribution in [0.1, 0.15) is 18.9 Å². The Labute approximate surface area is 104 Å². The van der Waals surface area contributed by atoms with Crippen LogP contribution in [0.5, 0.6) is 0 Å². The highest BCUT2D eigenvalue weighted by atomic mass is 19.4. The molecular weight excluding hydrogens is 241 g/mol. The van der Waals surface area contributed by atoms with E-state index in [0.29, 0.717) is 12.8 Å². The highest BCUT2D eigenvalue weighted by Crippen LogP contribution is 2.18. The summed E-state index contributed by atoms with van der Waals surface area (Å²) >= 11 is 0. The molecule has 2 nitrogen and oxygen atoms in total. The van der Waals surface area contributed by atoms with Crippen molar-refractivity contribution in [1.29, 1.82) is 5.26 Å². The number of alkyl halides is 3. The monoisotopic (exact) mass is 256 g/mol. The quantitative estimate of drug-likeness (QED) is 0.878. The molecule has 0 bridgehead atoms. The van der Waals surface area contributed by atoms with Crippen LogP contribution >= 0.6 is 0 Å². The van der Waals surface area contributed by atoms with E-state index in [1.165, 1.54) is 6.92 Å². The van der Waals surface area contributed by atoms with Crippen LogP contribution in [0.15, 0.2) is 30.3 Å². The minimum atomic E-state index is -4.30. The van der Waals surface area contributed by atoms with E-state index in [1.54, 1.807) is 0 Å². The van der Waals surface area contributed by atoms with E-state index >= 15 is 0 Å². The second-order valence-corrected chi connectivity index (χ2v) is 4.40. The molecular formula is C13H15F3N2. The number of nitrogens with zero attached hydrogens (tertiary/aromatic N) is 1. The lowest BCUT2D eigenvalue weighted by Crippen LogP contribution is -2.46. The van der Waals surface area contributed by atoms with Crippen LogP contribution in [0.3, 0.4) is 0 Å². The maximum Gasteiger partial charge on any atom is 0.401 e. The maximum absolute atomic E-state index is 12.1. The first-order chi connectivity index (χ1) is 8.35. The number of benzene rings is 1. The SMILES string of the molecule is CC(C#N)(CCc1ccccc1)NCC(F)(F)F. The molecule has 1 aromatic carbocycles. The van der Waals surface area contributed by atoms with Gasteiger partial charge < -0.3 is 0 Å². The first-order valence-electron chi connectivity index (χ1n) is 5.62. The van der Waals surface area contributed by atoms with E-state index in [-0.39, 0.29) is 0 Å². The summed E-state index contributed by atoms with van der Waals surface area (Å²) in [5.41, 5.74) is -0.154. The van der Waals surface area contributed by atoms with Crippen molar-refractivity contribution in [3.8, 4) is 6.07 Å². The number of hydrogen-bond acceptors (Lipinski definition) is 2. The molecule has 0 aromatic heterocycles. The molecule has 1 aromatic rings. The molecule has 0 saturated carbocycles. The molecule has 5 heteroatoms. The first kappa shape index (κ1) is 14.5. The summed E-state index contributed by atoms with van der Waals surface area (Å²) in [5.74, 6) is 0. The van der Waals surface area contributed by atoms with Gasteiger partial charge in [0, 0.05) is 0 Å². The number of aryl methyl sites for hydroxylation is 1. The predicted molar refractivity (Wildman–Crippen MR) is 62.8 cm³/mol. The summed E-state index contributed by atoms with van der Waals surface area (Å²) < 4.78 is 36.3. The molecule has 0 aliphatic heterocycles. The van der Waals surface area contributed by atoms with Gasteiger partial charge in [0.15, 0.2) is 0 Å². The number of rotatable bonds is 5. The van der Waals surface area contributed by atoms with E-state index in [4.69, 9.17) is 5.26 Å². The van der Waals surface area contributed by atoms with Gasteiger partial charge >= 0.3 is 6.18 Å². The zero-order valence-corrected chi connectivity index (χ0v) is 10.1. The van der Waals surface area contributed by atoms with Crippen molar-refractivity contribution < 1.29 is 13.2 Å². The lowest BCUT2D eigenvalue weighted by molar-refractivity contribution is -0.127. The van der Waals surface area contributed by atoms with Gasteiger partial charge in [-0.3, -0.25) is 5.32 Å². The fourth-order valence-electron chi connectivity index (χ4n) is 1.52. The maximum atomic E-state index is 12.1. The molecule has 0 aliphatic rings. The van der Waals surface area contributed by atoms with Crippen molar-refractivity contribution in [1.82, 2.24) is 5.32 Å². The number of hydrogen-bond donors (Lipinski definition) is 1. The Kier molecular flexibility index (Phi) is 4.74. The van der Waals surface area contributed by atoms with Gasteiger partial charge in [-0.25, -0.2) is 0 Å². The van der Waals surface area contributed by atoms with E-state index in [2.05, 4.69) is 5.32 Å². The predicted octanol–water partition coefficient (Wildman–Crippen LogP) is 3.05. The second-order valence-electron chi connectivity index (χ2n) is 4.40. The molecule has 18 heavy (non-hydrogen) atoms. The molecule has 0 spiro atoms. The first-order valence-corrected chi connectivity index (χ1v) is 5.62. The zero-order valence-electron chi connectivity index (χ0n) is 10.1. The van der Waals surface area contributed by atoms with E-state index in [0.717, 1.165) is 5.56 Å². The van der Waals surface area contributed by atoms with Crippen LogP contribution in [0, 0.1) is 11.3 Å². The molecule has 0 radical (unpaired) electrons. The normalized spacial score (nSPS) is 14.8. The Morgan fingerprint density at radius 3 is 2.33 bits per heavy atom. The van der Waals surface area contributed by atoms with Crippen LogP contribution in [0.25, 0.3) is 0 Å². The third kappa shape index (κ3) is 5.19. The lowest BCUT2D eigenvalue weighted by Gasteiger charge is -2.24.